The van der Waals surface area contributed by atoms with E-state index in [4.69, 9.17) is 9.47 Å². The molecular formula is C18H26N4O2S. The van der Waals surface area contributed by atoms with Crippen LogP contribution in [0.15, 0.2) is 29.4 Å². The standard InChI is InChI=1S/C18H26N4O2S/c1-13-12-22-17(25-13)8-10-21-18(19-2)20-9-7-14-5-6-15(23-3)16(11-14)24-4/h5-6,11-12H,7-10H2,1-4H3,(H2,19,20,21). The molecule has 2 N–H and O–H groups in total. The molecule has 0 fully saturated rings. The van der Waals surface area contributed by atoms with Crippen molar-refractivity contribution in [1.29, 1.82) is 0 Å². The normalized spacial score (nSPS) is 11.3. The molecule has 1 aromatic carbocycles. The monoisotopic (exact) mass is 362 g/mol. The van der Waals surface area contributed by atoms with E-state index >= 15 is 0 Å². The molecule has 2 rings (SSSR count). The Morgan fingerprint density at radius 2 is 1.84 bits per heavy atom. The summed E-state index contributed by atoms with van der Waals surface area (Å²) in [5.41, 5.74) is 1.18. The van der Waals surface area contributed by atoms with Crippen molar-refractivity contribution >= 4 is 17.3 Å². The van der Waals surface area contributed by atoms with E-state index in [0.29, 0.717) is 0 Å². The zero-order chi connectivity index (χ0) is 18.1. The average Bonchev–Trinajstić information content (AvgIpc) is 3.05. The van der Waals surface area contributed by atoms with Gasteiger partial charge in [0.2, 0.25) is 0 Å². The molecule has 0 amide bonds. The van der Waals surface area contributed by atoms with Crippen LogP contribution in [-0.2, 0) is 12.8 Å². The first-order valence-electron chi connectivity index (χ1n) is 8.23. The van der Waals surface area contributed by atoms with Gasteiger partial charge in [-0.15, -0.1) is 11.3 Å². The number of ether oxygens (including phenoxy) is 2. The van der Waals surface area contributed by atoms with Crippen LogP contribution in [0.3, 0.4) is 0 Å². The van der Waals surface area contributed by atoms with Gasteiger partial charge in [0.05, 0.1) is 19.2 Å². The van der Waals surface area contributed by atoms with Crippen LogP contribution in [0.1, 0.15) is 15.4 Å². The average molecular weight is 362 g/mol. The van der Waals surface area contributed by atoms with Crippen LogP contribution in [0.25, 0.3) is 0 Å². The Morgan fingerprint density at radius 3 is 2.44 bits per heavy atom. The van der Waals surface area contributed by atoms with Crippen molar-refractivity contribution in [3.63, 3.8) is 0 Å². The maximum Gasteiger partial charge on any atom is 0.191 e. The van der Waals surface area contributed by atoms with E-state index in [1.54, 1.807) is 32.6 Å². The lowest BCUT2D eigenvalue weighted by Gasteiger charge is -2.12. The van der Waals surface area contributed by atoms with Gasteiger partial charge in [0.15, 0.2) is 17.5 Å². The largest absolute Gasteiger partial charge is 0.493 e. The number of aliphatic imine (C=N–C) groups is 1. The van der Waals surface area contributed by atoms with Crippen LogP contribution < -0.4 is 20.1 Å². The summed E-state index contributed by atoms with van der Waals surface area (Å²) in [7, 11) is 5.07. The van der Waals surface area contributed by atoms with Gasteiger partial charge in [-0.2, -0.15) is 0 Å². The third kappa shape index (κ3) is 5.94. The highest BCUT2D eigenvalue weighted by Gasteiger charge is 2.05. The van der Waals surface area contributed by atoms with Gasteiger partial charge in [0.1, 0.15) is 0 Å². The number of hydrogen-bond acceptors (Lipinski definition) is 5. The fourth-order valence-electron chi connectivity index (χ4n) is 2.39. The van der Waals surface area contributed by atoms with Crippen LogP contribution in [-0.4, -0.2) is 45.3 Å². The summed E-state index contributed by atoms with van der Waals surface area (Å²) in [6.07, 6.45) is 3.68. The van der Waals surface area contributed by atoms with E-state index < -0.39 is 0 Å². The van der Waals surface area contributed by atoms with Crippen LogP contribution in [0.5, 0.6) is 11.5 Å². The second-order valence-electron chi connectivity index (χ2n) is 5.48. The number of hydrogen-bond donors (Lipinski definition) is 2. The highest BCUT2D eigenvalue weighted by Crippen LogP contribution is 2.27. The van der Waals surface area contributed by atoms with Gasteiger partial charge in [0.25, 0.3) is 0 Å². The molecule has 0 unspecified atom stereocenters. The summed E-state index contributed by atoms with van der Waals surface area (Å²) in [6, 6.07) is 5.97. The molecule has 0 aliphatic rings. The first-order valence-corrected chi connectivity index (χ1v) is 9.04. The zero-order valence-electron chi connectivity index (χ0n) is 15.3. The van der Waals surface area contributed by atoms with Crippen molar-refractivity contribution in [2.75, 3.05) is 34.4 Å². The van der Waals surface area contributed by atoms with Crippen LogP contribution in [0, 0.1) is 6.92 Å². The number of rotatable bonds is 8. The Bertz CT molecular complexity index is 700. The molecule has 2 aromatic rings. The van der Waals surface area contributed by atoms with E-state index in [0.717, 1.165) is 48.4 Å². The molecule has 7 heteroatoms. The maximum absolute atomic E-state index is 5.34. The van der Waals surface area contributed by atoms with Crippen molar-refractivity contribution in [2.45, 2.75) is 19.8 Å². The Labute approximate surface area is 153 Å². The lowest BCUT2D eigenvalue weighted by Crippen LogP contribution is -2.39. The van der Waals surface area contributed by atoms with Gasteiger partial charge in [-0.25, -0.2) is 4.98 Å². The molecular weight excluding hydrogens is 336 g/mol. The van der Waals surface area contributed by atoms with Crippen molar-refractivity contribution in [2.24, 2.45) is 4.99 Å². The van der Waals surface area contributed by atoms with Gasteiger partial charge in [-0.3, -0.25) is 4.99 Å². The minimum Gasteiger partial charge on any atom is -0.493 e. The summed E-state index contributed by atoms with van der Waals surface area (Å²) in [5.74, 6) is 2.30. The summed E-state index contributed by atoms with van der Waals surface area (Å²) >= 11 is 1.74. The number of guanidine groups is 1. The number of benzene rings is 1. The molecule has 1 heterocycles. The van der Waals surface area contributed by atoms with Gasteiger partial charge in [-0.05, 0) is 31.0 Å². The molecule has 6 nitrogen and oxygen atoms in total. The molecule has 0 bridgehead atoms. The summed E-state index contributed by atoms with van der Waals surface area (Å²) in [5, 5.41) is 7.78. The Morgan fingerprint density at radius 1 is 1.12 bits per heavy atom. The fraction of sp³-hybridized carbons (Fsp3) is 0.444. The predicted molar refractivity (Wildman–Crippen MR) is 103 cm³/mol. The summed E-state index contributed by atoms with van der Waals surface area (Å²) in [6.45, 7) is 3.66. The molecule has 0 aliphatic heterocycles. The van der Waals surface area contributed by atoms with Crippen molar-refractivity contribution in [1.82, 2.24) is 15.6 Å². The molecule has 0 radical (unpaired) electrons. The first-order chi connectivity index (χ1) is 12.2. The van der Waals surface area contributed by atoms with Crippen molar-refractivity contribution in [3.05, 3.63) is 39.8 Å². The second-order valence-corrected chi connectivity index (χ2v) is 6.80. The second kappa shape index (κ2) is 9.88. The number of nitrogens with zero attached hydrogens (tertiary/aromatic N) is 2. The topological polar surface area (TPSA) is 67.8 Å². The molecule has 0 spiro atoms. The van der Waals surface area contributed by atoms with E-state index in [1.807, 2.05) is 24.4 Å². The lowest BCUT2D eigenvalue weighted by atomic mass is 10.1. The quantitative estimate of drug-likeness (QED) is 0.558. The van der Waals surface area contributed by atoms with Crippen LogP contribution in [0.2, 0.25) is 0 Å². The van der Waals surface area contributed by atoms with Crippen molar-refractivity contribution in [3.8, 4) is 11.5 Å². The van der Waals surface area contributed by atoms with Gasteiger partial charge in [-0.1, -0.05) is 6.07 Å². The number of aryl methyl sites for hydroxylation is 1. The highest BCUT2D eigenvalue weighted by molar-refractivity contribution is 7.11. The van der Waals surface area contributed by atoms with Crippen LogP contribution in [0.4, 0.5) is 0 Å². The molecule has 1 aromatic heterocycles. The smallest absolute Gasteiger partial charge is 0.191 e. The first kappa shape index (κ1) is 19.1. The Hall–Kier alpha value is -2.28. The van der Waals surface area contributed by atoms with E-state index in [2.05, 4.69) is 27.5 Å². The van der Waals surface area contributed by atoms with Crippen LogP contribution >= 0.6 is 11.3 Å². The summed E-state index contributed by atoms with van der Waals surface area (Å²) in [4.78, 5) is 9.86. The molecule has 0 aliphatic carbocycles. The Balaban J connectivity index is 1.75. The number of aromatic nitrogens is 1. The summed E-state index contributed by atoms with van der Waals surface area (Å²) < 4.78 is 10.6. The van der Waals surface area contributed by atoms with Gasteiger partial charge < -0.3 is 20.1 Å². The van der Waals surface area contributed by atoms with Gasteiger partial charge in [0, 0.05) is 37.6 Å². The molecule has 0 saturated carbocycles. The lowest BCUT2D eigenvalue weighted by molar-refractivity contribution is 0.354. The SMILES string of the molecule is CN=C(NCCc1ccc(OC)c(OC)c1)NCCc1ncc(C)s1. The number of nitrogens with one attached hydrogen (secondary N) is 2. The highest BCUT2D eigenvalue weighted by atomic mass is 32.1. The molecule has 136 valence electrons. The third-order valence-corrected chi connectivity index (χ3v) is 4.65. The number of thiazole rings is 1. The molecule has 25 heavy (non-hydrogen) atoms. The molecule has 0 saturated heterocycles. The van der Waals surface area contributed by atoms with E-state index in [1.165, 1.54) is 10.4 Å². The zero-order valence-corrected chi connectivity index (χ0v) is 16.1. The van der Waals surface area contributed by atoms with Crippen molar-refractivity contribution < 1.29 is 9.47 Å². The van der Waals surface area contributed by atoms with E-state index in [9.17, 15) is 0 Å². The molecule has 0 atom stereocenters. The Kier molecular flexibility index (Phi) is 7.53. The fourth-order valence-corrected chi connectivity index (χ4v) is 3.17. The third-order valence-electron chi connectivity index (χ3n) is 3.68. The van der Waals surface area contributed by atoms with Gasteiger partial charge >= 0.3 is 0 Å². The maximum atomic E-state index is 5.34. The number of methoxy groups -OCH3 is 2. The predicted octanol–water partition coefficient (Wildman–Crippen LogP) is 2.42. The van der Waals surface area contributed by atoms with E-state index in [-0.39, 0.29) is 0 Å². The minimum atomic E-state index is 0.745. The minimum absolute atomic E-state index is 0.745.